The Hall–Kier alpha value is -8.50. The molecule has 3 heterocycles. The molecule has 12 fully saturated rings. The number of hydrogen-bond donors (Lipinski definition) is 13. The fraction of sp³-hybridized carbons (Fsp3) is 0.615. The molecule has 5 amide bonds. The van der Waals surface area contributed by atoms with E-state index in [1.807, 2.05) is 137 Å². The fourth-order valence-corrected chi connectivity index (χ4v) is 23.8. The molecule has 9 aliphatic carbocycles. The van der Waals surface area contributed by atoms with Crippen molar-refractivity contribution in [1.29, 1.82) is 0 Å². The molecular formula is C109H162N12O16. The molecule has 3 saturated heterocycles. The third-order valence-electron chi connectivity index (χ3n) is 32.4. The summed E-state index contributed by atoms with van der Waals surface area (Å²) in [5.41, 5.74) is 16.1. The van der Waals surface area contributed by atoms with Gasteiger partial charge in [0.1, 0.15) is 36.4 Å². The second-order valence-corrected chi connectivity index (χ2v) is 43.1. The highest BCUT2D eigenvalue weighted by Gasteiger charge is 2.61. The van der Waals surface area contributed by atoms with E-state index in [0.29, 0.717) is 107 Å². The normalized spacial score (nSPS) is 29.2. The highest BCUT2D eigenvalue weighted by Crippen LogP contribution is 2.64. The average molecular weight is 1900 g/mol. The van der Waals surface area contributed by atoms with Crippen molar-refractivity contribution in [3.05, 3.63) is 179 Å². The topological polar surface area (TPSA) is 377 Å². The molecule has 137 heavy (non-hydrogen) atoms. The first-order valence-electron chi connectivity index (χ1n) is 49.7. The van der Waals surface area contributed by atoms with Crippen LogP contribution >= 0.6 is 0 Å². The van der Waals surface area contributed by atoms with Crippen LogP contribution in [0.1, 0.15) is 196 Å². The van der Waals surface area contributed by atoms with Gasteiger partial charge in [-0.25, -0.2) is 4.79 Å². The second-order valence-electron chi connectivity index (χ2n) is 43.1. The maximum absolute atomic E-state index is 13.9. The highest BCUT2D eigenvalue weighted by atomic mass is 16.7. The van der Waals surface area contributed by atoms with Crippen LogP contribution < -0.4 is 32.3 Å². The number of nitrogens with one attached hydrogen (secondary N) is 5. The summed E-state index contributed by atoms with van der Waals surface area (Å²) in [7, 11) is 12.2. The summed E-state index contributed by atoms with van der Waals surface area (Å²) in [5.74, 6) is 1.38. The van der Waals surface area contributed by atoms with E-state index in [9.17, 15) is 64.5 Å². The molecule has 28 nitrogen and oxygen atoms in total. The van der Waals surface area contributed by atoms with Gasteiger partial charge in [0.05, 0.1) is 63.3 Å². The number of aliphatic hydroxyl groups excluding tert-OH is 6. The smallest absolute Gasteiger partial charge is 0.335 e. The minimum atomic E-state index is -0.972. The van der Waals surface area contributed by atoms with Crippen LogP contribution in [0.15, 0.2) is 146 Å². The summed E-state index contributed by atoms with van der Waals surface area (Å²) in [4.78, 5) is 103. The zero-order valence-corrected chi connectivity index (χ0v) is 83.6. The van der Waals surface area contributed by atoms with Gasteiger partial charge < -0.3 is 82.8 Å². The number of carboxylic acids is 1. The quantitative estimate of drug-likeness (QED) is 0.0164. The molecule has 0 radical (unpaired) electrons. The molecule has 24 atom stereocenters. The van der Waals surface area contributed by atoms with Crippen LogP contribution in [-0.2, 0) is 48.5 Å². The van der Waals surface area contributed by atoms with Gasteiger partial charge in [-0.15, -0.1) is 0 Å². The number of fused-ring (bicyclic) bond motifs is 6. The van der Waals surface area contributed by atoms with Crippen LogP contribution in [-0.4, -0.2) is 275 Å². The Bertz CT molecular complexity index is 4730. The lowest BCUT2D eigenvalue weighted by atomic mass is 9.45. The number of aliphatic hydroxyl groups is 6. The van der Waals surface area contributed by atoms with E-state index in [4.69, 9.17) is 20.2 Å². The standard InChI is InChI=1S/2C36H52N4O5.C31H40N2O6.C5H14N2.CH4/c2*1-22-29-18-28(36(29,3)4)19-30(22)38-35(44)33-32(23(2)42)31(21-41)45-40(33)20-24-9-7-10-27(17-24)25-11-13-26(14-12-25)34(43)37-15-8-16-39(5)6;1-17-24-13-23(31(24,3)4)14-25(17)32-29(36)28-27(18(2)35)26(16-34)39-33(28)15-19-6-5-7-22(12-19)20-8-10-21(11-9-20)30(37)38;1-7(2)5-3-4-6;/h2*7,9-14,17,22-23,28-33,41-42H,8,15-16,18-21H2,1-6H3,(H,37,43)(H,38,44);5-12,17-18,23-28,34-35H,13-16H2,1-4H3,(H,32,36)(H,37,38);3-6H2,1-2H3;1H4/t2*22-,23-,28+,29-,30?,31-,32+,33-;17-,18-,23+,24-,25?,26-,27+,28-;;/m000../s1. The summed E-state index contributed by atoms with van der Waals surface area (Å²) in [6.45, 7) is 30.8. The molecule has 6 bridgehead atoms. The number of rotatable bonds is 35. The molecular weight excluding hydrogens is 1730 g/mol. The van der Waals surface area contributed by atoms with E-state index in [-0.39, 0.29) is 87.0 Å². The molecule has 9 saturated carbocycles. The first kappa shape index (κ1) is 109. The Kier molecular flexibility index (Phi) is 38.0. The molecule has 28 heteroatoms. The summed E-state index contributed by atoms with van der Waals surface area (Å²) < 4.78 is 0. The minimum Gasteiger partial charge on any atom is -0.478 e. The molecule has 14 N–H and O–H groups in total. The van der Waals surface area contributed by atoms with Crippen LogP contribution in [0.4, 0.5) is 0 Å². The second kappa shape index (κ2) is 47.8. The van der Waals surface area contributed by atoms with Gasteiger partial charge in [-0.2, -0.15) is 15.2 Å². The average Bonchev–Trinajstić information content (AvgIpc) is 1.72. The van der Waals surface area contributed by atoms with Gasteiger partial charge in [0.2, 0.25) is 17.7 Å². The summed E-state index contributed by atoms with van der Waals surface area (Å²) in [5, 5.41) is 92.5. The number of carbonyl (C=O) groups is 6. The van der Waals surface area contributed by atoms with E-state index < -0.39 is 78.5 Å². The number of hydroxylamine groups is 6. The Labute approximate surface area is 814 Å². The van der Waals surface area contributed by atoms with E-state index in [1.165, 1.54) is 19.3 Å². The van der Waals surface area contributed by atoms with Gasteiger partial charge in [0.15, 0.2) is 0 Å². The van der Waals surface area contributed by atoms with Gasteiger partial charge in [-0.05, 0) is 321 Å². The summed E-state index contributed by atoms with van der Waals surface area (Å²) in [6, 6.07) is 43.7. The first-order valence-corrected chi connectivity index (χ1v) is 49.7. The van der Waals surface area contributed by atoms with Crippen molar-refractivity contribution < 1.29 is 79.0 Å². The van der Waals surface area contributed by atoms with Crippen LogP contribution in [0.2, 0.25) is 0 Å². The molecule has 6 aromatic rings. The Morgan fingerprint density at radius 2 is 0.679 bits per heavy atom. The molecule has 0 aromatic heterocycles. The molecule has 12 aliphatic rings. The Morgan fingerprint density at radius 1 is 0.409 bits per heavy atom. The first-order chi connectivity index (χ1) is 64.6. The lowest BCUT2D eigenvalue weighted by Gasteiger charge is -2.62. The van der Waals surface area contributed by atoms with E-state index in [0.717, 1.165) is 115 Å². The Morgan fingerprint density at radius 3 is 0.905 bits per heavy atom. The SMILES string of the molecule is C.CN(C)CCCN.C[C@H](O)[C@@H]1[C@H](CO)ON(Cc2cccc(-c3ccc(C(=O)NCCCN(C)C)cc3)c2)[C@@H]1C(=O)NC1C[C@H]2C[C@@H]([C@@H]1C)C2(C)C.C[C@H](O)[C@@H]1[C@H](CO)ON(Cc2cccc(-c3ccc(C(=O)NCCCN(C)C)cc3)c2)[C@@H]1C(=O)NC1C[C@H]2C[C@@H]([C@@H]1C)C2(C)C.C[C@H](O)[C@@H]1[C@H](CO)ON(Cc2cccc(-c3ccc(C(=O)O)cc3)c2)[C@@H]1C(=O)NC1C[C@H]2C[C@@H]([C@@H]1C)C2(C)C. The van der Waals surface area contributed by atoms with E-state index >= 15 is 0 Å². The van der Waals surface area contributed by atoms with Gasteiger partial charge in [-0.3, -0.25) is 38.5 Å². The van der Waals surface area contributed by atoms with Gasteiger partial charge in [0.25, 0.3) is 11.8 Å². The predicted octanol–water partition coefficient (Wildman–Crippen LogP) is 11.6. The number of nitrogens with zero attached hydrogens (tertiary/aromatic N) is 6. The van der Waals surface area contributed by atoms with Crippen LogP contribution in [0.25, 0.3) is 33.4 Å². The number of hydrogen-bond acceptors (Lipinski definition) is 22. The number of amides is 5. The zero-order chi connectivity index (χ0) is 98.7. The molecule has 18 rings (SSSR count). The maximum atomic E-state index is 13.9. The summed E-state index contributed by atoms with van der Waals surface area (Å²) in [6.07, 6.45) is 4.87. The zero-order valence-electron chi connectivity index (χ0n) is 83.6. The lowest BCUT2D eigenvalue weighted by Crippen LogP contribution is -2.62. The van der Waals surface area contributed by atoms with E-state index in [1.54, 1.807) is 60.2 Å². The molecule has 0 spiro atoms. The van der Waals surface area contributed by atoms with Crippen LogP contribution in [0, 0.1) is 87.3 Å². The largest absolute Gasteiger partial charge is 0.478 e. The monoisotopic (exact) mass is 1900 g/mol. The lowest BCUT2D eigenvalue weighted by molar-refractivity contribution is -0.183. The molecule has 3 aliphatic heterocycles. The molecule has 6 aromatic carbocycles. The van der Waals surface area contributed by atoms with E-state index in [2.05, 4.69) is 130 Å². The van der Waals surface area contributed by atoms with Crippen molar-refractivity contribution in [2.75, 3.05) is 101 Å². The van der Waals surface area contributed by atoms with Crippen molar-refractivity contribution in [2.24, 2.45) is 93.0 Å². The van der Waals surface area contributed by atoms with Crippen molar-refractivity contribution >= 4 is 35.5 Å². The van der Waals surface area contributed by atoms with Crippen molar-refractivity contribution in [3.8, 4) is 33.4 Å². The fourth-order valence-electron chi connectivity index (χ4n) is 23.8. The maximum Gasteiger partial charge on any atom is 0.335 e. The predicted molar refractivity (Wildman–Crippen MR) is 535 cm³/mol. The summed E-state index contributed by atoms with van der Waals surface area (Å²) >= 11 is 0. The van der Waals surface area contributed by atoms with Gasteiger partial charge in [0, 0.05) is 60.1 Å². The van der Waals surface area contributed by atoms with Crippen molar-refractivity contribution in [1.82, 2.24) is 56.5 Å². The van der Waals surface area contributed by atoms with Gasteiger partial charge >= 0.3 is 5.97 Å². The minimum absolute atomic E-state index is 0. The number of aromatic carboxylic acids is 1. The molecule has 3 unspecified atom stereocenters. The highest BCUT2D eigenvalue weighted by molar-refractivity contribution is 5.95. The van der Waals surface area contributed by atoms with Crippen molar-refractivity contribution in [2.45, 2.75) is 241 Å². The number of carbonyl (C=O) groups excluding carboxylic acids is 5. The van der Waals surface area contributed by atoms with Crippen molar-refractivity contribution in [3.63, 3.8) is 0 Å². The van der Waals surface area contributed by atoms with Crippen LogP contribution in [0.3, 0.4) is 0 Å². The van der Waals surface area contributed by atoms with Crippen LogP contribution in [0.5, 0.6) is 0 Å². The van der Waals surface area contributed by atoms with Gasteiger partial charge in [-0.1, -0.05) is 161 Å². The number of carboxylic acid groups (broad SMARTS) is 1. The third-order valence-corrected chi connectivity index (χ3v) is 32.4. The number of benzene rings is 6. The molecule has 754 valence electrons. The number of nitrogens with two attached hydrogens (primary N) is 1. The third kappa shape index (κ3) is 25.7. The Balaban J connectivity index is 0.000000190.